The molecule has 2 heteroatoms. The van der Waals surface area contributed by atoms with E-state index in [-0.39, 0.29) is 5.97 Å². The largest absolute Gasteiger partial charge is 0.469 e. The zero-order chi connectivity index (χ0) is 22.7. The fourth-order valence-electron chi connectivity index (χ4n) is 3.91. The Bertz CT molecular complexity index is 411. The number of ether oxygens (including phenoxy) is 1. The van der Waals surface area contributed by atoms with Crippen molar-refractivity contribution in [3.05, 3.63) is 24.3 Å². The van der Waals surface area contributed by atoms with Crippen molar-refractivity contribution in [2.75, 3.05) is 7.11 Å². The Balaban J connectivity index is 3.16. The number of unbranched alkanes of at least 4 members (excludes halogenated alkanes) is 18. The van der Waals surface area contributed by atoms with Gasteiger partial charge in [-0.15, -0.1) is 0 Å². The molecule has 0 amide bonds. The highest BCUT2D eigenvalue weighted by Gasteiger charge is 1.98. The Morgan fingerprint density at radius 2 is 0.839 bits per heavy atom. The smallest absolute Gasteiger partial charge is 0.305 e. The molecule has 0 aromatic heterocycles. The van der Waals surface area contributed by atoms with E-state index in [1.165, 1.54) is 129 Å². The Morgan fingerprint density at radius 3 is 1.19 bits per heavy atom. The molecule has 0 saturated carbocycles. The molecule has 0 aliphatic carbocycles. The molecule has 0 saturated heterocycles. The minimum absolute atomic E-state index is 0.0728. The molecule has 0 aliphatic heterocycles. The topological polar surface area (TPSA) is 26.3 Å². The molecule has 0 aliphatic rings. The van der Waals surface area contributed by atoms with E-state index < -0.39 is 0 Å². The lowest BCUT2D eigenvalue weighted by molar-refractivity contribution is -0.140. The van der Waals surface area contributed by atoms with Crippen molar-refractivity contribution in [1.82, 2.24) is 0 Å². The molecule has 0 rings (SSSR count). The maximum atomic E-state index is 11.0. The van der Waals surface area contributed by atoms with Crippen LogP contribution in [-0.2, 0) is 9.53 Å². The summed E-state index contributed by atoms with van der Waals surface area (Å²) in [4.78, 5) is 11.0. The summed E-state index contributed by atoms with van der Waals surface area (Å²) in [5.74, 6) is -0.0728. The van der Waals surface area contributed by atoms with E-state index in [2.05, 4.69) is 36.0 Å². The van der Waals surface area contributed by atoms with E-state index in [9.17, 15) is 4.79 Å². The molecule has 2 nitrogen and oxygen atoms in total. The van der Waals surface area contributed by atoms with E-state index >= 15 is 0 Å². The average Bonchev–Trinajstić information content (AvgIpc) is 2.78. The summed E-state index contributed by atoms with van der Waals surface area (Å²) in [6.07, 6.45) is 37.8. The van der Waals surface area contributed by atoms with E-state index in [4.69, 9.17) is 0 Å². The fraction of sp³-hybridized carbons (Fsp3) is 0.828. The van der Waals surface area contributed by atoms with Crippen molar-refractivity contribution < 1.29 is 9.53 Å². The van der Waals surface area contributed by atoms with E-state index in [1.54, 1.807) is 0 Å². The van der Waals surface area contributed by atoms with Crippen LogP contribution in [0.25, 0.3) is 0 Å². The first-order valence-electron chi connectivity index (χ1n) is 13.7. The van der Waals surface area contributed by atoms with Gasteiger partial charge in [0.15, 0.2) is 0 Å². The summed E-state index contributed by atoms with van der Waals surface area (Å²) in [6, 6.07) is 0. The van der Waals surface area contributed by atoms with Crippen molar-refractivity contribution in [1.29, 1.82) is 0 Å². The van der Waals surface area contributed by atoms with Crippen LogP contribution in [0.2, 0.25) is 0 Å². The summed E-state index contributed by atoms with van der Waals surface area (Å²) in [5, 5.41) is 0. The number of carbonyl (C=O) groups is 1. The van der Waals surface area contributed by atoms with Gasteiger partial charge in [-0.2, -0.15) is 0 Å². The first kappa shape index (κ1) is 29.9. The number of carbonyl (C=O) groups excluding carboxylic acids is 1. The molecule has 0 radical (unpaired) electrons. The Labute approximate surface area is 195 Å². The molecule has 0 fully saturated rings. The van der Waals surface area contributed by atoms with Gasteiger partial charge in [-0.3, -0.25) is 4.79 Å². The minimum Gasteiger partial charge on any atom is -0.469 e. The summed E-state index contributed by atoms with van der Waals surface area (Å²) in [6.45, 7) is 2.28. The van der Waals surface area contributed by atoms with Crippen molar-refractivity contribution in [2.45, 2.75) is 148 Å². The van der Waals surface area contributed by atoms with Gasteiger partial charge in [-0.25, -0.2) is 0 Å². The van der Waals surface area contributed by atoms with Crippen molar-refractivity contribution in [2.24, 2.45) is 0 Å². The highest BCUT2D eigenvalue weighted by molar-refractivity contribution is 5.68. The zero-order valence-corrected chi connectivity index (χ0v) is 21.2. The predicted octanol–water partition coefficient (Wildman–Crippen LogP) is 9.87. The average molecular weight is 435 g/mol. The Hall–Kier alpha value is -1.05. The Morgan fingerprint density at radius 1 is 0.516 bits per heavy atom. The lowest BCUT2D eigenvalue weighted by Crippen LogP contribution is -1.99. The normalized spacial score (nSPS) is 11.7. The first-order valence-corrected chi connectivity index (χ1v) is 13.7. The van der Waals surface area contributed by atoms with Crippen molar-refractivity contribution >= 4 is 5.97 Å². The first-order chi connectivity index (χ1) is 15.3. The zero-order valence-electron chi connectivity index (χ0n) is 21.2. The lowest BCUT2D eigenvalue weighted by Gasteiger charge is -2.01. The number of rotatable bonds is 24. The summed E-state index contributed by atoms with van der Waals surface area (Å²) in [5.41, 5.74) is 0. The summed E-state index contributed by atoms with van der Waals surface area (Å²) >= 11 is 0. The highest BCUT2D eigenvalue weighted by Crippen LogP contribution is 2.11. The monoisotopic (exact) mass is 434 g/mol. The van der Waals surface area contributed by atoms with Gasteiger partial charge in [-0.05, 0) is 57.8 Å². The minimum atomic E-state index is -0.0728. The van der Waals surface area contributed by atoms with Crippen LogP contribution in [0.15, 0.2) is 24.3 Å². The van der Waals surface area contributed by atoms with Gasteiger partial charge in [0.25, 0.3) is 0 Å². The van der Waals surface area contributed by atoms with Crippen LogP contribution in [0, 0.1) is 0 Å². The van der Waals surface area contributed by atoms with Gasteiger partial charge in [0.2, 0.25) is 0 Å². The standard InChI is InChI=1S/C29H54O2/c1-3-4-5-6-7-8-9-10-11-12-13-14-15-16-17-18-19-20-21-22-23-24-25-26-27-28-29(30)31-2/h10-11,19-20H,3-9,12-18,21-28H2,1-2H3/b11-10+,20-19+. The third-order valence-electron chi connectivity index (χ3n) is 6.03. The van der Waals surface area contributed by atoms with Crippen LogP contribution in [0.4, 0.5) is 0 Å². The van der Waals surface area contributed by atoms with Gasteiger partial charge in [0.1, 0.15) is 0 Å². The number of hydrogen-bond donors (Lipinski definition) is 0. The number of allylic oxidation sites excluding steroid dienone is 4. The fourth-order valence-corrected chi connectivity index (χ4v) is 3.91. The molecular formula is C29H54O2. The van der Waals surface area contributed by atoms with Gasteiger partial charge in [0.05, 0.1) is 7.11 Å². The van der Waals surface area contributed by atoms with E-state index in [1.807, 2.05) is 0 Å². The molecular weight excluding hydrogens is 380 g/mol. The van der Waals surface area contributed by atoms with Gasteiger partial charge >= 0.3 is 5.97 Å². The van der Waals surface area contributed by atoms with Gasteiger partial charge in [-0.1, -0.05) is 108 Å². The second-order valence-electron chi connectivity index (χ2n) is 9.08. The maximum Gasteiger partial charge on any atom is 0.305 e. The maximum absolute atomic E-state index is 11.0. The van der Waals surface area contributed by atoms with Crippen LogP contribution in [-0.4, -0.2) is 13.1 Å². The molecule has 0 aromatic carbocycles. The van der Waals surface area contributed by atoms with Crippen LogP contribution >= 0.6 is 0 Å². The molecule has 0 bridgehead atoms. The van der Waals surface area contributed by atoms with Crippen LogP contribution in [0.3, 0.4) is 0 Å². The number of methoxy groups -OCH3 is 1. The second-order valence-corrected chi connectivity index (χ2v) is 9.08. The molecule has 0 spiro atoms. The number of esters is 1. The quantitative estimate of drug-likeness (QED) is 0.0858. The molecule has 0 N–H and O–H groups in total. The van der Waals surface area contributed by atoms with Gasteiger partial charge < -0.3 is 4.74 Å². The molecule has 182 valence electrons. The molecule has 0 aromatic rings. The van der Waals surface area contributed by atoms with Crippen LogP contribution in [0.1, 0.15) is 148 Å². The molecule has 0 unspecified atom stereocenters. The van der Waals surface area contributed by atoms with Crippen LogP contribution < -0.4 is 0 Å². The third-order valence-corrected chi connectivity index (χ3v) is 6.03. The van der Waals surface area contributed by atoms with Crippen molar-refractivity contribution in [3.63, 3.8) is 0 Å². The highest BCUT2D eigenvalue weighted by atomic mass is 16.5. The lowest BCUT2D eigenvalue weighted by atomic mass is 10.1. The number of hydrogen-bond acceptors (Lipinski definition) is 2. The summed E-state index contributed by atoms with van der Waals surface area (Å²) < 4.78 is 4.66. The van der Waals surface area contributed by atoms with Crippen LogP contribution in [0.5, 0.6) is 0 Å². The molecule has 0 atom stereocenters. The van der Waals surface area contributed by atoms with E-state index in [0.29, 0.717) is 6.42 Å². The third kappa shape index (κ3) is 26.9. The summed E-state index contributed by atoms with van der Waals surface area (Å²) in [7, 11) is 1.47. The SMILES string of the molecule is CCCCCCCC/C=C/CCCCCCC/C=C/CCCCCCCCC(=O)OC. The molecule has 0 heterocycles. The predicted molar refractivity (Wildman–Crippen MR) is 138 cm³/mol. The Kier molecular flexibility index (Phi) is 26.1. The van der Waals surface area contributed by atoms with Crippen molar-refractivity contribution in [3.8, 4) is 0 Å². The second kappa shape index (κ2) is 27.0. The van der Waals surface area contributed by atoms with Gasteiger partial charge in [0, 0.05) is 6.42 Å². The molecule has 31 heavy (non-hydrogen) atoms. The van der Waals surface area contributed by atoms with E-state index in [0.717, 1.165) is 12.8 Å².